The van der Waals surface area contributed by atoms with Gasteiger partial charge in [0.2, 0.25) is 5.91 Å². The van der Waals surface area contributed by atoms with Crippen molar-refractivity contribution >= 4 is 17.9 Å². The number of carboxylic acids is 1. The van der Waals surface area contributed by atoms with Crippen LogP contribution in [-0.4, -0.2) is 53.1 Å². The molecule has 0 aromatic heterocycles. The Labute approximate surface area is 111 Å². The van der Waals surface area contributed by atoms with Gasteiger partial charge in [0.1, 0.15) is 6.04 Å². The molecule has 0 aromatic rings. The average Bonchev–Trinajstić information content (AvgIpc) is 2.81. The van der Waals surface area contributed by atoms with E-state index in [2.05, 4.69) is 10.6 Å². The summed E-state index contributed by atoms with van der Waals surface area (Å²) in [5.41, 5.74) is 0. The van der Waals surface area contributed by atoms with Gasteiger partial charge in [-0.05, 0) is 25.7 Å². The van der Waals surface area contributed by atoms with Gasteiger partial charge in [0, 0.05) is 25.6 Å². The van der Waals surface area contributed by atoms with E-state index >= 15 is 0 Å². The Balaban J connectivity index is 1.84. The molecule has 2 atom stereocenters. The standard InChI is InChI=1S/C12H19N3O4/c16-10-5-4-8(14-10)7-13-12(19)15-6-2-1-3-9(15)11(17)18/h8-9H,1-7H2,(H,13,19)(H,14,16)(H,17,18). The van der Waals surface area contributed by atoms with E-state index in [-0.39, 0.29) is 18.0 Å². The van der Waals surface area contributed by atoms with Gasteiger partial charge >= 0.3 is 12.0 Å². The first-order chi connectivity index (χ1) is 9.08. The number of carbonyl (C=O) groups excluding carboxylic acids is 2. The van der Waals surface area contributed by atoms with E-state index in [4.69, 9.17) is 5.11 Å². The molecule has 19 heavy (non-hydrogen) atoms. The van der Waals surface area contributed by atoms with Crippen molar-refractivity contribution in [3.05, 3.63) is 0 Å². The van der Waals surface area contributed by atoms with E-state index in [0.717, 1.165) is 12.8 Å². The smallest absolute Gasteiger partial charge is 0.326 e. The zero-order valence-corrected chi connectivity index (χ0v) is 10.7. The summed E-state index contributed by atoms with van der Waals surface area (Å²) in [5, 5.41) is 14.6. The summed E-state index contributed by atoms with van der Waals surface area (Å²) in [5.74, 6) is -0.954. The summed E-state index contributed by atoms with van der Waals surface area (Å²) in [6.45, 7) is 0.827. The molecule has 0 radical (unpaired) electrons. The van der Waals surface area contributed by atoms with Crippen LogP contribution in [0.3, 0.4) is 0 Å². The molecule has 0 spiro atoms. The summed E-state index contributed by atoms with van der Waals surface area (Å²) in [6, 6.07) is -1.12. The predicted molar refractivity (Wildman–Crippen MR) is 66.5 cm³/mol. The third kappa shape index (κ3) is 3.36. The van der Waals surface area contributed by atoms with Gasteiger partial charge in [-0.2, -0.15) is 0 Å². The fraction of sp³-hybridized carbons (Fsp3) is 0.750. The third-order valence-electron chi connectivity index (χ3n) is 3.63. The molecule has 3 amide bonds. The van der Waals surface area contributed by atoms with Crippen LogP contribution in [0.4, 0.5) is 4.79 Å². The first-order valence-electron chi connectivity index (χ1n) is 6.64. The molecule has 3 N–H and O–H groups in total. The number of amides is 3. The molecular weight excluding hydrogens is 250 g/mol. The molecule has 0 aromatic carbocycles. The van der Waals surface area contributed by atoms with Crippen LogP contribution in [0.15, 0.2) is 0 Å². The maximum absolute atomic E-state index is 12.0. The van der Waals surface area contributed by atoms with Crippen molar-refractivity contribution in [2.75, 3.05) is 13.1 Å². The number of urea groups is 1. The van der Waals surface area contributed by atoms with Gasteiger partial charge in [-0.25, -0.2) is 9.59 Å². The lowest BCUT2D eigenvalue weighted by atomic mass is 10.0. The van der Waals surface area contributed by atoms with E-state index in [1.807, 2.05) is 0 Å². The highest BCUT2D eigenvalue weighted by atomic mass is 16.4. The maximum atomic E-state index is 12.0. The lowest BCUT2D eigenvalue weighted by Gasteiger charge is -2.33. The highest BCUT2D eigenvalue weighted by Gasteiger charge is 2.32. The molecule has 0 bridgehead atoms. The zero-order valence-electron chi connectivity index (χ0n) is 10.7. The Morgan fingerprint density at radius 3 is 2.79 bits per heavy atom. The van der Waals surface area contributed by atoms with Crippen LogP contribution < -0.4 is 10.6 Å². The SMILES string of the molecule is O=C1CCC(CNC(=O)N2CCCCC2C(=O)O)N1. The van der Waals surface area contributed by atoms with E-state index < -0.39 is 12.0 Å². The van der Waals surface area contributed by atoms with Crippen LogP contribution in [0.2, 0.25) is 0 Å². The molecule has 7 nitrogen and oxygen atoms in total. The van der Waals surface area contributed by atoms with E-state index in [1.165, 1.54) is 4.90 Å². The van der Waals surface area contributed by atoms with Crippen LogP contribution in [0.25, 0.3) is 0 Å². The van der Waals surface area contributed by atoms with Gasteiger partial charge < -0.3 is 20.6 Å². The monoisotopic (exact) mass is 269 g/mol. The number of nitrogens with one attached hydrogen (secondary N) is 2. The van der Waals surface area contributed by atoms with Gasteiger partial charge in [-0.15, -0.1) is 0 Å². The highest BCUT2D eigenvalue weighted by Crippen LogP contribution is 2.17. The second-order valence-electron chi connectivity index (χ2n) is 5.03. The van der Waals surface area contributed by atoms with Crippen LogP contribution >= 0.6 is 0 Å². The normalized spacial score (nSPS) is 26.9. The summed E-state index contributed by atoms with van der Waals surface area (Å²) >= 11 is 0. The molecule has 2 unspecified atom stereocenters. The van der Waals surface area contributed by atoms with Crippen molar-refractivity contribution in [2.24, 2.45) is 0 Å². The fourth-order valence-electron chi connectivity index (χ4n) is 2.57. The molecule has 2 aliphatic heterocycles. The molecule has 7 heteroatoms. The second kappa shape index (κ2) is 5.90. The van der Waals surface area contributed by atoms with Gasteiger partial charge in [-0.3, -0.25) is 4.79 Å². The van der Waals surface area contributed by atoms with Crippen LogP contribution in [0.5, 0.6) is 0 Å². The Morgan fingerprint density at radius 1 is 1.37 bits per heavy atom. The number of aliphatic carboxylic acids is 1. The first kappa shape index (κ1) is 13.6. The van der Waals surface area contributed by atoms with Crippen molar-refractivity contribution in [3.63, 3.8) is 0 Å². The van der Waals surface area contributed by atoms with E-state index in [0.29, 0.717) is 32.4 Å². The van der Waals surface area contributed by atoms with Crippen molar-refractivity contribution in [3.8, 4) is 0 Å². The third-order valence-corrected chi connectivity index (χ3v) is 3.63. The van der Waals surface area contributed by atoms with Crippen LogP contribution in [0.1, 0.15) is 32.1 Å². The molecule has 2 saturated heterocycles. The summed E-state index contributed by atoms with van der Waals surface area (Å²) in [7, 11) is 0. The number of likely N-dealkylation sites (tertiary alicyclic amines) is 1. The Kier molecular flexibility index (Phi) is 4.24. The minimum atomic E-state index is -0.955. The van der Waals surface area contributed by atoms with Crippen molar-refractivity contribution in [1.29, 1.82) is 0 Å². The summed E-state index contributed by atoms with van der Waals surface area (Å²) in [6.07, 6.45) is 3.36. The number of carboxylic acid groups (broad SMARTS) is 1. The maximum Gasteiger partial charge on any atom is 0.326 e. The number of nitrogens with zero attached hydrogens (tertiary/aromatic N) is 1. The average molecular weight is 269 g/mol. The number of carbonyl (C=O) groups is 3. The van der Waals surface area contributed by atoms with Crippen molar-refractivity contribution in [1.82, 2.24) is 15.5 Å². The van der Waals surface area contributed by atoms with Crippen molar-refractivity contribution < 1.29 is 19.5 Å². The number of hydrogen-bond donors (Lipinski definition) is 3. The molecular formula is C12H19N3O4. The number of hydrogen-bond acceptors (Lipinski definition) is 3. The molecule has 0 aliphatic carbocycles. The molecule has 2 heterocycles. The minimum absolute atomic E-state index is 0.000587. The number of rotatable bonds is 3. The Hall–Kier alpha value is -1.79. The van der Waals surface area contributed by atoms with Crippen LogP contribution in [-0.2, 0) is 9.59 Å². The molecule has 2 rings (SSSR count). The predicted octanol–water partition coefficient (Wildman–Crippen LogP) is -0.0863. The molecule has 2 fully saturated rings. The van der Waals surface area contributed by atoms with E-state index in [9.17, 15) is 14.4 Å². The van der Waals surface area contributed by atoms with Gasteiger partial charge in [0.25, 0.3) is 0 Å². The van der Waals surface area contributed by atoms with E-state index in [1.54, 1.807) is 0 Å². The Morgan fingerprint density at radius 2 is 2.16 bits per heavy atom. The highest BCUT2D eigenvalue weighted by molar-refractivity contribution is 5.83. The zero-order chi connectivity index (χ0) is 13.8. The minimum Gasteiger partial charge on any atom is -0.480 e. The molecule has 0 saturated carbocycles. The topological polar surface area (TPSA) is 98.7 Å². The fourth-order valence-corrected chi connectivity index (χ4v) is 2.57. The second-order valence-corrected chi connectivity index (χ2v) is 5.03. The van der Waals surface area contributed by atoms with Crippen LogP contribution in [0, 0.1) is 0 Å². The lowest BCUT2D eigenvalue weighted by Crippen LogP contribution is -2.53. The lowest BCUT2D eigenvalue weighted by molar-refractivity contribution is -0.143. The van der Waals surface area contributed by atoms with Gasteiger partial charge in [0.15, 0.2) is 0 Å². The summed E-state index contributed by atoms with van der Waals surface area (Å²) in [4.78, 5) is 35.5. The Bertz CT molecular complexity index is 385. The van der Waals surface area contributed by atoms with Gasteiger partial charge in [0.05, 0.1) is 0 Å². The summed E-state index contributed by atoms with van der Waals surface area (Å²) < 4.78 is 0. The molecule has 2 aliphatic rings. The number of piperidine rings is 1. The quantitative estimate of drug-likeness (QED) is 0.667. The molecule has 106 valence electrons. The van der Waals surface area contributed by atoms with Gasteiger partial charge in [-0.1, -0.05) is 0 Å². The largest absolute Gasteiger partial charge is 0.480 e. The first-order valence-corrected chi connectivity index (χ1v) is 6.64. The van der Waals surface area contributed by atoms with Crippen molar-refractivity contribution in [2.45, 2.75) is 44.2 Å².